The van der Waals surface area contributed by atoms with Gasteiger partial charge in [0, 0.05) is 16.8 Å². The Morgan fingerprint density at radius 1 is 1.00 bits per heavy atom. The Balaban J connectivity index is 1.47. The SMILES string of the molecule is Cc1c(N)cccc1-c1noc(-c2ccc(COc3ccc(F)cc3)cc2)n1. The fourth-order valence-electron chi connectivity index (χ4n) is 2.79. The number of benzene rings is 3. The molecule has 1 aromatic heterocycles. The molecule has 4 rings (SSSR count). The molecule has 0 amide bonds. The van der Waals surface area contributed by atoms with E-state index in [1.54, 1.807) is 12.1 Å². The molecule has 0 aliphatic carbocycles. The molecule has 6 heteroatoms. The maximum absolute atomic E-state index is 12.9. The zero-order valence-corrected chi connectivity index (χ0v) is 15.2. The van der Waals surface area contributed by atoms with E-state index >= 15 is 0 Å². The van der Waals surface area contributed by atoms with Crippen LogP contribution in [0.5, 0.6) is 5.75 Å². The molecule has 0 spiro atoms. The van der Waals surface area contributed by atoms with Gasteiger partial charge in [-0.3, -0.25) is 0 Å². The number of ether oxygens (including phenoxy) is 1. The molecule has 140 valence electrons. The first-order valence-electron chi connectivity index (χ1n) is 8.77. The monoisotopic (exact) mass is 375 g/mol. The largest absolute Gasteiger partial charge is 0.489 e. The second-order valence-corrected chi connectivity index (χ2v) is 6.38. The van der Waals surface area contributed by atoms with Crippen LogP contribution in [-0.4, -0.2) is 10.1 Å². The van der Waals surface area contributed by atoms with Crippen LogP contribution in [0.2, 0.25) is 0 Å². The normalized spacial score (nSPS) is 10.8. The molecule has 0 radical (unpaired) electrons. The molecule has 2 N–H and O–H groups in total. The lowest BCUT2D eigenvalue weighted by Crippen LogP contribution is -1.95. The molecule has 0 aliphatic heterocycles. The van der Waals surface area contributed by atoms with Crippen molar-refractivity contribution in [3.8, 4) is 28.6 Å². The summed E-state index contributed by atoms with van der Waals surface area (Å²) < 4.78 is 24.0. The lowest BCUT2D eigenvalue weighted by molar-refractivity contribution is 0.306. The average Bonchev–Trinajstić information content (AvgIpc) is 3.20. The number of nitrogens with two attached hydrogens (primary N) is 1. The van der Waals surface area contributed by atoms with Crippen LogP contribution < -0.4 is 10.5 Å². The molecule has 0 unspecified atom stereocenters. The minimum Gasteiger partial charge on any atom is -0.489 e. The number of nitrogens with zero attached hydrogens (tertiary/aromatic N) is 2. The molecule has 4 aromatic rings. The number of anilines is 1. The molecule has 3 aromatic carbocycles. The number of nitrogen functional groups attached to an aromatic ring is 1. The third kappa shape index (κ3) is 3.71. The van der Waals surface area contributed by atoms with Gasteiger partial charge in [-0.25, -0.2) is 4.39 Å². The highest BCUT2D eigenvalue weighted by molar-refractivity contribution is 5.68. The number of hydrogen-bond acceptors (Lipinski definition) is 5. The number of rotatable bonds is 5. The maximum atomic E-state index is 12.9. The van der Waals surface area contributed by atoms with Crippen molar-refractivity contribution in [1.29, 1.82) is 0 Å². The van der Waals surface area contributed by atoms with E-state index in [9.17, 15) is 4.39 Å². The summed E-state index contributed by atoms with van der Waals surface area (Å²) in [6.07, 6.45) is 0. The molecule has 0 bridgehead atoms. The molecule has 5 nitrogen and oxygen atoms in total. The Bertz CT molecular complexity index is 1090. The third-order valence-corrected chi connectivity index (χ3v) is 4.46. The standard InChI is InChI=1S/C22H18FN3O2/c1-14-19(3-2-4-20(14)24)21-25-22(28-26-21)16-7-5-15(6-8-16)13-27-18-11-9-17(23)10-12-18/h2-12H,13,24H2,1H3. The Morgan fingerprint density at radius 2 is 1.75 bits per heavy atom. The zero-order chi connectivity index (χ0) is 19.5. The first-order chi connectivity index (χ1) is 13.6. The van der Waals surface area contributed by atoms with E-state index in [-0.39, 0.29) is 5.82 Å². The van der Waals surface area contributed by atoms with Gasteiger partial charge in [-0.1, -0.05) is 29.4 Å². The predicted octanol–water partition coefficient (Wildman–Crippen LogP) is 5.01. The Kier molecular flexibility index (Phi) is 4.76. The second kappa shape index (κ2) is 7.52. The van der Waals surface area contributed by atoms with Crippen LogP contribution in [0.15, 0.2) is 71.3 Å². The molecular weight excluding hydrogens is 357 g/mol. The smallest absolute Gasteiger partial charge is 0.258 e. The van der Waals surface area contributed by atoms with Gasteiger partial charge in [-0.2, -0.15) is 4.98 Å². The van der Waals surface area contributed by atoms with Gasteiger partial charge in [0.05, 0.1) is 0 Å². The summed E-state index contributed by atoms with van der Waals surface area (Å²) in [5, 5.41) is 4.07. The lowest BCUT2D eigenvalue weighted by Gasteiger charge is -2.06. The highest BCUT2D eigenvalue weighted by Crippen LogP contribution is 2.27. The fourth-order valence-corrected chi connectivity index (χ4v) is 2.79. The van der Waals surface area contributed by atoms with Crippen LogP contribution in [0, 0.1) is 12.7 Å². The molecule has 1 heterocycles. The van der Waals surface area contributed by atoms with Crippen LogP contribution in [0.3, 0.4) is 0 Å². The predicted molar refractivity (Wildman–Crippen MR) is 105 cm³/mol. The summed E-state index contributed by atoms with van der Waals surface area (Å²) in [6, 6.07) is 19.2. The molecule has 0 atom stereocenters. The van der Waals surface area contributed by atoms with Gasteiger partial charge < -0.3 is 15.0 Å². The van der Waals surface area contributed by atoms with Crippen LogP contribution >= 0.6 is 0 Å². The second-order valence-electron chi connectivity index (χ2n) is 6.38. The quantitative estimate of drug-likeness (QED) is 0.496. The Labute approximate surface area is 161 Å². The molecule has 0 fully saturated rings. The number of aromatic nitrogens is 2. The average molecular weight is 375 g/mol. The van der Waals surface area contributed by atoms with Gasteiger partial charge in [-0.15, -0.1) is 0 Å². The van der Waals surface area contributed by atoms with Crippen molar-refractivity contribution < 1.29 is 13.7 Å². The summed E-state index contributed by atoms with van der Waals surface area (Å²) >= 11 is 0. The van der Waals surface area contributed by atoms with Gasteiger partial charge in [0.25, 0.3) is 5.89 Å². The Hall–Kier alpha value is -3.67. The van der Waals surface area contributed by atoms with Crippen molar-refractivity contribution in [2.24, 2.45) is 0 Å². The van der Waals surface area contributed by atoms with E-state index < -0.39 is 0 Å². The number of halogens is 1. The van der Waals surface area contributed by atoms with Crippen molar-refractivity contribution >= 4 is 5.69 Å². The highest BCUT2D eigenvalue weighted by Gasteiger charge is 2.13. The van der Waals surface area contributed by atoms with E-state index in [4.69, 9.17) is 15.0 Å². The first kappa shape index (κ1) is 17.7. The van der Waals surface area contributed by atoms with E-state index in [0.717, 1.165) is 22.3 Å². The van der Waals surface area contributed by atoms with Crippen LogP contribution in [0.4, 0.5) is 10.1 Å². The molecule has 0 aliphatic rings. The van der Waals surface area contributed by atoms with Gasteiger partial charge in [0.2, 0.25) is 5.82 Å². The molecule has 28 heavy (non-hydrogen) atoms. The van der Waals surface area contributed by atoms with Gasteiger partial charge >= 0.3 is 0 Å². The van der Waals surface area contributed by atoms with E-state index in [1.165, 1.54) is 12.1 Å². The van der Waals surface area contributed by atoms with Crippen molar-refractivity contribution in [2.75, 3.05) is 5.73 Å². The number of hydrogen-bond donors (Lipinski definition) is 1. The van der Waals surface area contributed by atoms with Crippen molar-refractivity contribution in [3.05, 3.63) is 83.7 Å². The van der Waals surface area contributed by atoms with Gasteiger partial charge in [0.15, 0.2) is 0 Å². The van der Waals surface area contributed by atoms with Crippen molar-refractivity contribution in [1.82, 2.24) is 10.1 Å². The fraction of sp³-hybridized carbons (Fsp3) is 0.0909. The molecule has 0 saturated carbocycles. The zero-order valence-electron chi connectivity index (χ0n) is 15.2. The van der Waals surface area contributed by atoms with Crippen molar-refractivity contribution in [2.45, 2.75) is 13.5 Å². The topological polar surface area (TPSA) is 74.2 Å². The van der Waals surface area contributed by atoms with E-state index in [0.29, 0.717) is 29.8 Å². The van der Waals surface area contributed by atoms with Gasteiger partial charge in [0.1, 0.15) is 18.2 Å². The minimum absolute atomic E-state index is 0.288. The lowest BCUT2D eigenvalue weighted by atomic mass is 10.1. The molecule has 0 saturated heterocycles. The van der Waals surface area contributed by atoms with Crippen molar-refractivity contribution in [3.63, 3.8) is 0 Å². The summed E-state index contributed by atoms with van der Waals surface area (Å²) in [7, 11) is 0. The van der Waals surface area contributed by atoms with Gasteiger partial charge in [-0.05, 0) is 60.5 Å². The maximum Gasteiger partial charge on any atom is 0.258 e. The highest BCUT2D eigenvalue weighted by atomic mass is 19.1. The van der Waals surface area contributed by atoms with Crippen LogP contribution in [0.25, 0.3) is 22.8 Å². The summed E-state index contributed by atoms with van der Waals surface area (Å²) in [4.78, 5) is 4.48. The van der Waals surface area contributed by atoms with Crippen LogP contribution in [0.1, 0.15) is 11.1 Å². The third-order valence-electron chi connectivity index (χ3n) is 4.46. The minimum atomic E-state index is -0.288. The van der Waals surface area contributed by atoms with Crippen LogP contribution in [-0.2, 0) is 6.61 Å². The molecular formula is C22H18FN3O2. The van der Waals surface area contributed by atoms with E-state index in [2.05, 4.69) is 10.1 Å². The van der Waals surface area contributed by atoms with E-state index in [1.807, 2.05) is 49.4 Å². The summed E-state index contributed by atoms with van der Waals surface area (Å²) in [5.41, 5.74) is 10.2. The Morgan fingerprint density at radius 3 is 2.50 bits per heavy atom. The summed E-state index contributed by atoms with van der Waals surface area (Å²) in [5.74, 6) is 1.26. The summed E-state index contributed by atoms with van der Waals surface area (Å²) in [6.45, 7) is 2.31. The first-order valence-corrected chi connectivity index (χ1v) is 8.77.